The summed E-state index contributed by atoms with van der Waals surface area (Å²) in [6.07, 6.45) is 3.68. The molecule has 1 aliphatic rings. The molecule has 0 heterocycles. The van der Waals surface area contributed by atoms with E-state index in [9.17, 15) is 0 Å². The van der Waals surface area contributed by atoms with Crippen LogP contribution in [0.4, 0.5) is 0 Å². The molecular weight excluding hydrogens is 246 g/mol. The zero-order valence-corrected chi connectivity index (χ0v) is 13.6. The average molecular weight is 275 g/mol. The van der Waals surface area contributed by atoms with Gasteiger partial charge in [0.25, 0.3) is 0 Å². The summed E-state index contributed by atoms with van der Waals surface area (Å²) in [4.78, 5) is 0. The number of ether oxygens (including phenoxy) is 1. The molecule has 0 radical (unpaired) electrons. The van der Waals surface area contributed by atoms with Gasteiger partial charge in [-0.2, -0.15) is 0 Å². The summed E-state index contributed by atoms with van der Waals surface area (Å²) in [5, 5.41) is 3.69. The van der Waals surface area contributed by atoms with Crippen LogP contribution in [0.2, 0.25) is 0 Å². The zero-order valence-electron chi connectivity index (χ0n) is 13.6. The van der Waals surface area contributed by atoms with Crippen molar-refractivity contribution in [2.75, 3.05) is 13.7 Å². The van der Waals surface area contributed by atoms with Crippen LogP contribution in [-0.2, 0) is 0 Å². The van der Waals surface area contributed by atoms with E-state index in [1.807, 2.05) is 0 Å². The summed E-state index contributed by atoms with van der Waals surface area (Å²) < 4.78 is 5.61. The Morgan fingerprint density at radius 3 is 2.50 bits per heavy atom. The van der Waals surface area contributed by atoms with Gasteiger partial charge in [-0.05, 0) is 55.7 Å². The third-order valence-corrected chi connectivity index (χ3v) is 5.39. The average Bonchev–Trinajstić information content (AvgIpc) is 2.44. The summed E-state index contributed by atoms with van der Waals surface area (Å²) in [6, 6.07) is 7.24. The van der Waals surface area contributed by atoms with E-state index in [1.54, 1.807) is 7.11 Å². The number of hydrogen-bond donors (Lipinski definition) is 1. The van der Waals surface area contributed by atoms with Gasteiger partial charge < -0.3 is 10.1 Å². The Morgan fingerprint density at radius 2 is 1.95 bits per heavy atom. The van der Waals surface area contributed by atoms with Crippen molar-refractivity contribution >= 4 is 0 Å². The maximum Gasteiger partial charge on any atom is 0.122 e. The van der Waals surface area contributed by atoms with E-state index >= 15 is 0 Å². The molecule has 1 aliphatic carbocycles. The van der Waals surface area contributed by atoms with Crippen LogP contribution < -0.4 is 10.1 Å². The SMILES string of the molecule is CCNC1CC(c2cc(C)ccc2OC)C1(CC)CC. The summed E-state index contributed by atoms with van der Waals surface area (Å²) in [5.74, 6) is 1.68. The molecule has 2 atom stereocenters. The van der Waals surface area contributed by atoms with E-state index in [0.29, 0.717) is 17.4 Å². The lowest BCUT2D eigenvalue weighted by Crippen LogP contribution is -2.58. The van der Waals surface area contributed by atoms with Crippen LogP contribution in [0.25, 0.3) is 0 Å². The topological polar surface area (TPSA) is 21.3 Å². The summed E-state index contributed by atoms with van der Waals surface area (Å²) in [5.41, 5.74) is 3.12. The second-order valence-electron chi connectivity index (χ2n) is 6.08. The second-order valence-corrected chi connectivity index (χ2v) is 6.08. The molecule has 0 aliphatic heterocycles. The standard InChI is InChI=1S/C18H29NO/c1-6-18(7-2)15(12-17(18)19-8-3)14-11-13(4)9-10-16(14)20-5/h9-11,15,17,19H,6-8,12H2,1-5H3. The second kappa shape index (κ2) is 6.17. The van der Waals surface area contributed by atoms with Crippen molar-refractivity contribution in [3.05, 3.63) is 29.3 Å². The van der Waals surface area contributed by atoms with E-state index in [1.165, 1.54) is 30.4 Å². The van der Waals surface area contributed by atoms with Gasteiger partial charge in [-0.25, -0.2) is 0 Å². The van der Waals surface area contributed by atoms with Crippen LogP contribution in [0.3, 0.4) is 0 Å². The van der Waals surface area contributed by atoms with E-state index in [0.717, 1.165) is 12.3 Å². The van der Waals surface area contributed by atoms with Crippen LogP contribution in [0, 0.1) is 12.3 Å². The van der Waals surface area contributed by atoms with Gasteiger partial charge in [-0.3, -0.25) is 0 Å². The fraction of sp³-hybridized carbons (Fsp3) is 0.667. The van der Waals surface area contributed by atoms with Crippen LogP contribution in [0.1, 0.15) is 57.1 Å². The molecule has 0 spiro atoms. The van der Waals surface area contributed by atoms with Crippen molar-refractivity contribution in [2.45, 2.75) is 58.9 Å². The fourth-order valence-corrected chi connectivity index (χ4v) is 4.12. The Morgan fingerprint density at radius 1 is 1.25 bits per heavy atom. The largest absolute Gasteiger partial charge is 0.496 e. The Bertz CT molecular complexity index is 451. The fourth-order valence-electron chi connectivity index (χ4n) is 4.12. The molecule has 2 heteroatoms. The zero-order chi connectivity index (χ0) is 14.8. The number of aryl methyl sites for hydroxylation is 1. The molecular formula is C18H29NO. The van der Waals surface area contributed by atoms with Crippen molar-refractivity contribution in [3.63, 3.8) is 0 Å². The minimum atomic E-state index is 0.386. The van der Waals surface area contributed by atoms with Crippen LogP contribution in [0.15, 0.2) is 18.2 Å². The Balaban J connectivity index is 2.35. The van der Waals surface area contributed by atoms with Gasteiger partial charge in [0, 0.05) is 6.04 Å². The molecule has 0 saturated heterocycles. The van der Waals surface area contributed by atoms with Gasteiger partial charge in [0.15, 0.2) is 0 Å². The Kier molecular flexibility index (Phi) is 4.74. The molecule has 2 rings (SSSR count). The van der Waals surface area contributed by atoms with E-state index in [2.05, 4.69) is 51.2 Å². The van der Waals surface area contributed by atoms with E-state index in [-0.39, 0.29) is 0 Å². The van der Waals surface area contributed by atoms with Crippen LogP contribution >= 0.6 is 0 Å². The molecule has 20 heavy (non-hydrogen) atoms. The predicted octanol–water partition coefficient (Wildman–Crippen LogP) is 4.28. The van der Waals surface area contributed by atoms with Gasteiger partial charge in [0.1, 0.15) is 5.75 Å². The normalized spacial score (nSPS) is 24.2. The van der Waals surface area contributed by atoms with Crippen LogP contribution in [0.5, 0.6) is 5.75 Å². The third kappa shape index (κ3) is 2.35. The molecule has 1 aromatic rings. The summed E-state index contributed by atoms with van der Waals surface area (Å²) in [6.45, 7) is 10.1. The first-order chi connectivity index (χ1) is 9.62. The third-order valence-electron chi connectivity index (χ3n) is 5.39. The van der Waals surface area contributed by atoms with E-state index in [4.69, 9.17) is 4.74 Å². The lowest BCUT2D eigenvalue weighted by Gasteiger charge is -2.57. The molecule has 1 N–H and O–H groups in total. The van der Waals surface area contributed by atoms with Gasteiger partial charge in [-0.15, -0.1) is 0 Å². The number of rotatable bonds is 6. The molecule has 1 fully saturated rings. The highest BCUT2D eigenvalue weighted by atomic mass is 16.5. The monoisotopic (exact) mass is 275 g/mol. The van der Waals surface area contributed by atoms with Crippen molar-refractivity contribution in [3.8, 4) is 5.75 Å². The maximum atomic E-state index is 5.61. The lowest BCUT2D eigenvalue weighted by atomic mass is 9.51. The smallest absolute Gasteiger partial charge is 0.122 e. The molecule has 112 valence electrons. The first-order valence-corrected chi connectivity index (χ1v) is 8.00. The summed E-state index contributed by atoms with van der Waals surface area (Å²) in [7, 11) is 1.79. The van der Waals surface area contributed by atoms with Crippen molar-refractivity contribution in [1.82, 2.24) is 5.32 Å². The predicted molar refractivity (Wildman–Crippen MR) is 85.6 cm³/mol. The molecule has 0 bridgehead atoms. The number of methoxy groups -OCH3 is 1. The maximum absolute atomic E-state index is 5.61. The first kappa shape index (κ1) is 15.4. The molecule has 2 nitrogen and oxygen atoms in total. The van der Waals surface area contributed by atoms with Gasteiger partial charge in [0.05, 0.1) is 7.11 Å². The highest BCUT2D eigenvalue weighted by Gasteiger charge is 2.53. The molecule has 0 aromatic heterocycles. The Labute approximate surface area is 123 Å². The van der Waals surface area contributed by atoms with Gasteiger partial charge in [0.2, 0.25) is 0 Å². The highest BCUT2D eigenvalue weighted by Crippen LogP contribution is 2.58. The highest BCUT2D eigenvalue weighted by molar-refractivity contribution is 5.43. The number of benzene rings is 1. The molecule has 2 unspecified atom stereocenters. The first-order valence-electron chi connectivity index (χ1n) is 8.00. The van der Waals surface area contributed by atoms with Crippen molar-refractivity contribution < 1.29 is 4.74 Å². The van der Waals surface area contributed by atoms with Crippen molar-refractivity contribution in [1.29, 1.82) is 0 Å². The van der Waals surface area contributed by atoms with Crippen LogP contribution in [-0.4, -0.2) is 19.7 Å². The number of nitrogens with one attached hydrogen (secondary N) is 1. The minimum Gasteiger partial charge on any atom is -0.496 e. The van der Waals surface area contributed by atoms with Crippen molar-refractivity contribution in [2.24, 2.45) is 5.41 Å². The minimum absolute atomic E-state index is 0.386. The van der Waals surface area contributed by atoms with Gasteiger partial charge >= 0.3 is 0 Å². The quantitative estimate of drug-likeness (QED) is 0.837. The van der Waals surface area contributed by atoms with Gasteiger partial charge in [-0.1, -0.05) is 38.5 Å². The number of hydrogen-bond acceptors (Lipinski definition) is 2. The summed E-state index contributed by atoms with van der Waals surface area (Å²) >= 11 is 0. The molecule has 0 amide bonds. The molecule has 1 saturated carbocycles. The van der Waals surface area contributed by atoms with E-state index < -0.39 is 0 Å². The Hall–Kier alpha value is -1.02. The molecule has 1 aromatic carbocycles. The lowest BCUT2D eigenvalue weighted by molar-refractivity contribution is 0.0198.